The Kier molecular flexibility index (Phi) is 6.81. The van der Waals surface area contributed by atoms with Gasteiger partial charge in [-0.2, -0.15) is 13.2 Å². The van der Waals surface area contributed by atoms with Crippen LogP contribution in [0.4, 0.5) is 28.9 Å². The van der Waals surface area contributed by atoms with Gasteiger partial charge in [-0.25, -0.2) is 9.37 Å². The second-order valence-electron chi connectivity index (χ2n) is 8.53. The van der Waals surface area contributed by atoms with Gasteiger partial charge in [-0.1, -0.05) is 24.3 Å². The minimum absolute atomic E-state index is 0.108. The number of carboxylic acids is 1. The lowest BCUT2D eigenvalue weighted by molar-refractivity contribution is -0.307. The third-order valence-corrected chi connectivity index (χ3v) is 6.14. The number of nitrogens with one attached hydrogen (secondary N) is 1. The number of carbonyl (C=O) groups is 1. The Morgan fingerprint density at radius 2 is 1.65 bits per heavy atom. The molecule has 2 heterocycles. The predicted molar refractivity (Wildman–Crippen MR) is 116 cm³/mol. The van der Waals surface area contributed by atoms with Gasteiger partial charge in [-0.15, -0.1) is 0 Å². The molecule has 178 valence electrons. The quantitative estimate of drug-likeness (QED) is 0.482. The molecule has 0 saturated heterocycles. The van der Waals surface area contributed by atoms with E-state index < -0.39 is 23.7 Å². The summed E-state index contributed by atoms with van der Waals surface area (Å²) in [6, 6.07) is 10.8. The minimum atomic E-state index is -4.53. The second kappa shape index (κ2) is 9.79. The first-order chi connectivity index (χ1) is 16.2. The molecule has 1 fully saturated rings. The molecule has 0 amide bonds. The van der Waals surface area contributed by atoms with Crippen LogP contribution in [-0.4, -0.2) is 15.9 Å². The Labute approximate surface area is 193 Å². The lowest BCUT2D eigenvalue weighted by Gasteiger charge is -2.29. The summed E-state index contributed by atoms with van der Waals surface area (Å²) in [4.78, 5) is 18.3. The number of aromatic nitrogens is 2. The second-order valence-corrected chi connectivity index (χ2v) is 8.53. The van der Waals surface area contributed by atoms with Crippen LogP contribution in [-0.2, 0) is 11.0 Å². The molecule has 9 heteroatoms. The highest BCUT2D eigenvalue weighted by molar-refractivity contribution is 5.65. The zero-order valence-corrected chi connectivity index (χ0v) is 18.1. The third-order valence-electron chi connectivity index (χ3n) is 6.14. The maximum absolute atomic E-state index is 14.7. The number of halogens is 4. The average molecular weight is 472 g/mol. The largest absolute Gasteiger partial charge is 0.550 e. The fourth-order valence-corrected chi connectivity index (χ4v) is 4.37. The van der Waals surface area contributed by atoms with Crippen molar-refractivity contribution in [3.05, 3.63) is 71.9 Å². The molecular formula is C25H22F4N3O2-. The van der Waals surface area contributed by atoms with Crippen molar-refractivity contribution in [1.29, 1.82) is 0 Å². The maximum Gasteiger partial charge on any atom is 0.433 e. The minimum Gasteiger partial charge on any atom is -0.550 e. The van der Waals surface area contributed by atoms with E-state index in [0.29, 0.717) is 11.5 Å². The van der Waals surface area contributed by atoms with Gasteiger partial charge >= 0.3 is 6.18 Å². The molecule has 1 aliphatic rings. The standard InChI is InChI=1S/C25H23F4N3O2/c26-21-12-20(32-19-9-10-22(30-13-19)25(27,28)29)14-31-24(21)18-7-5-17(6-8-18)16-3-1-15(2-4-16)11-23(33)34/h5-10,12-16,32H,1-4,11H2,(H,33,34)/p-1. The van der Waals surface area contributed by atoms with Gasteiger partial charge in [0.25, 0.3) is 0 Å². The molecule has 0 aliphatic heterocycles. The molecule has 3 aromatic rings. The number of nitrogens with zero attached hydrogens (tertiary/aromatic N) is 2. The number of carbonyl (C=O) groups excluding carboxylic acids is 1. The molecule has 1 aliphatic carbocycles. The lowest BCUT2D eigenvalue weighted by Crippen LogP contribution is -2.26. The Balaban J connectivity index is 1.40. The normalized spacial score (nSPS) is 18.5. The van der Waals surface area contributed by atoms with Crippen molar-refractivity contribution < 1.29 is 27.5 Å². The summed E-state index contributed by atoms with van der Waals surface area (Å²) in [6.07, 6.45) is 1.52. The van der Waals surface area contributed by atoms with E-state index >= 15 is 0 Å². The summed E-state index contributed by atoms with van der Waals surface area (Å²) in [6.45, 7) is 0. The summed E-state index contributed by atoms with van der Waals surface area (Å²) in [7, 11) is 0. The van der Waals surface area contributed by atoms with Crippen LogP contribution in [0.5, 0.6) is 0 Å². The maximum atomic E-state index is 14.7. The van der Waals surface area contributed by atoms with Gasteiger partial charge in [0.15, 0.2) is 5.82 Å². The van der Waals surface area contributed by atoms with Crippen molar-refractivity contribution in [2.75, 3.05) is 5.32 Å². The molecule has 34 heavy (non-hydrogen) atoms. The Morgan fingerprint density at radius 1 is 0.971 bits per heavy atom. The van der Waals surface area contributed by atoms with Gasteiger partial charge in [0, 0.05) is 17.6 Å². The SMILES string of the molecule is O=C([O-])CC1CCC(c2ccc(-c3ncc(Nc4ccc(C(F)(F)F)nc4)cc3F)cc2)CC1. The molecular weight excluding hydrogens is 450 g/mol. The number of pyridine rings is 2. The molecule has 1 N–H and O–H groups in total. The van der Waals surface area contributed by atoms with Crippen LogP contribution in [0, 0.1) is 11.7 Å². The van der Waals surface area contributed by atoms with Crippen molar-refractivity contribution in [3.63, 3.8) is 0 Å². The zero-order chi connectivity index (χ0) is 24.3. The Bertz CT molecular complexity index is 1140. The van der Waals surface area contributed by atoms with E-state index in [4.69, 9.17) is 0 Å². The molecule has 0 unspecified atom stereocenters. The van der Waals surface area contributed by atoms with E-state index in [-0.39, 0.29) is 29.4 Å². The van der Waals surface area contributed by atoms with Gasteiger partial charge in [-0.3, -0.25) is 4.98 Å². The Hall–Kier alpha value is -3.49. The van der Waals surface area contributed by atoms with Crippen molar-refractivity contribution >= 4 is 17.3 Å². The van der Waals surface area contributed by atoms with Gasteiger partial charge < -0.3 is 15.2 Å². The van der Waals surface area contributed by atoms with Crippen LogP contribution >= 0.6 is 0 Å². The van der Waals surface area contributed by atoms with E-state index in [2.05, 4.69) is 15.3 Å². The topological polar surface area (TPSA) is 77.9 Å². The fraction of sp³-hybridized carbons (Fsp3) is 0.320. The molecule has 4 rings (SSSR count). The summed E-state index contributed by atoms with van der Waals surface area (Å²) < 4.78 is 52.6. The fourth-order valence-electron chi connectivity index (χ4n) is 4.37. The van der Waals surface area contributed by atoms with Crippen LogP contribution in [0.2, 0.25) is 0 Å². The molecule has 0 spiro atoms. The summed E-state index contributed by atoms with van der Waals surface area (Å²) in [5.41, 5.74) is 1.46. The van der Waals surface area contributed by atoms with E-state index in [1.54, 1.807) is 12.1 Å². The number of hydrogen-bond donors (Lipinski definition) is 1. The van der Waals surface area contributed by atoms with E-state index in [0.717, 1.165) is 43.5 Å². The average Bonchev–Trinajstić information content (AvgIpc) is 2.79. The third kappa shape index (κ3) is 5.70. The van der Waals surface area contributed by atoms with Gasteiger partial charge in [0.2, 0.25) is 0 Å². The van der Waals surface area contributed by atoms with Crippen LogP contribution in [0.3, 0.4) is 0 Å². The van der Waals surface area contributed by atoms with E-state index in [1.807, 2.05) is 12.1 Å². The first kappa shape index (κ1) is 23.7. The van der Waals surface area contributed by atoms with Crippen LogP contribution in [0.25, 0.3) is 11.3 Å². The van der Waals surface area contributed by atoms with Crippen molar-refractivity contribution in [2.45, 2.75) is 44.2 Å². The lowest BCUT2D eigenvalue weighted by atomic mass is 9.77. The first-order valence-electron chi connectivity index (χ1n) is 10.9. The van der Waals surface area contributed by atoms with Gasteiger partial charge in [0.05, 0.1) is 23.8 Å². The molecule has 1 aromatic carbocycles. The van der Waals surface area contributed by atoms with Crippen molar-refractivity contribution in [1.82, 2.24) is 9.97 Å². The van der Waals surface area contributed by atoms with Crippen molar-refractivity contribution in [2.24, 2.45) is 5.92 Å². The van der Waals surface area contributed by atoms with E-state index in [1.165, 1.54) is 18.3 Å². The summed E-state index contributed by atoms with van der Waals surface area (Å²) in [5, 5.41) is 13.6. The monoisotopic (exact) mass is 472 g/mol. The smallest absolute Gasteiger partial charge is 0.433 e. The van der Waals surface area contributed by atoms with Gasteiger partial charge in [0.1, 0.15) is 11.4 Å². The van der Waals surface area contributed by atoms with E-state index in [9.17, 15) is 27.5 Å². The zero-order valence-electron chi connectivity index (χ0n) is 18.1. The van der Waals surface area contributed by atoms with Crippen molar-refractivity contribution in [3.8, 4) is 11.3 Å². The highest BCUT2D eigenvalue weighted by Crippen LogP contribution is 2.37. The number of carboxylic acid groups (broad SMARTS) is 1. The molecule has 0 atom stereocenters. The number of rotatable bonds is 6. The van der Waals surface area contributed by atoms with Crippen LogP contribution < -0.4 is 10.4 Å². The molecule has 1 saturated carbocycles. The van der Waals surface area contributed by atoms with Crippen LogP contribution in [0.1, 0.15) is 49.3 Å². The molecule has 0 bridgehead atoms. The summed E-state index contributed by atoms with van der Waals surface area (Å²) in [5.74, 6) is -1.06. The molecule has 5 nitrogen and oxygen atoms in total. The number of aliphatic carboxylic acids is 1. The summed E-state index contributed by atoms with van der Waals surface area (Å²) >= 11 is 0. The first-order valence-corrected chi connectivity index (χ1v) is 10.9. The number of hydrogen-bond acceptors (Lipinski definition) is 5. The van der Waals surface area contributed by atoms with Crippen LogP contribution in [0.15, 0.2) is 54.9 Å². The Morgan fingerprint density at radius 3 is 2.21 bits per heavy atom. The number of benzene rings is 1. The highest BCUT2D eigenvalue weighted by Gasteiger charge is 2.32. The highest BCUT2D eigenvalue weighted by atomic mass is 19.4. The molecule has 2 aromatic heterocycles. The molecule has 0 radical (unpaired) electrons. The predicted octanol–water partition coefficient (Wildman–Crippen LogP) is 5.46. The van der Waals surface area contributed by atoms with Gasteiger partial charge in [-0.05, 0) is 61.6 Å². The number of alkyl halides is 3. The number of anilines is 2.